The van der Waals surface area contributed by atoms with Crippen LogP contribution < -0.4 is 0 Å². The summed E-state index contributed by atoms with van der Waals surface area (Å²) in [6.45, 7) is -2.92. The fourth-order valence-corrected chi connectivity index (χ4v) is 5.45. The van der Waals surface area contributed by atoms with Gasteiger partial charge in [0, 0.05) is 24.7 Å². The van der Waals surface area contributed by atoms with E-state index < -0.39 is 80.7 Å². The van der Waals surface area contributed by atoms with Gasteiger partial charge in [-0.05, 0) is 49.2 Å². The monoisotopic (exact) mass is 702 g/mol. The number of rotatable bonds is 18. The highest BCUT2D eigenvalue weighted by atomic mass is 35.5. The third-order valence-electron chi connectivity index (χ3n) is 6.87. The second-order valence-corrected chi connectivity index (χ2v) is 10.0. The van der Waals surface area contributed by atoms with E-state index in [0.29, 0.717) is 36.9 Å². The summed E-state index contributed by atoms with van der Waals surface area (Å²) in [4.78, 5) is 66.5. The van der Waals surface area contributed by atoms with E-state index in [1.807, 2.05) is 0 Å². The molecule has 0 heterocycles. The molecule has 2 rings (SSSR count). The van der Waals surface area contributed by atoms with Gasteiger partial charge in [0.2, 0.25) is 0 Å². The molecule has 0 unspecified atom stereocenters. The van der Waals surface area contributed by atoms with Crippen LogP contribution in [-0.4, -0.2) is 133 Å². The van der Waals surface area contributed by atoms with Gasteiger partial charge in [-0.25, -0.2) is 0 Å². The Labute approximate surface area is 277 Å². The molecule has 5 N–H and O–H groups in total. The summed E-state index contributed by atoms with van der Waals surface area (Å²) in [6, 6.07) is 4.79. The van der Waals surface area contributed by atoms with E-state index >= 15 is 0 Å². The number of carbonyl (C=O) groups is 5. The molecule has 18 heteroatoms. The lowest BCUT2D eigenvalue weighted by atomic mass is 9.87. The number of hydrogen-bond acceptors (Lipinski definition) is 10. The highest BCUT2D eigenvalue weighted by Gasteiger charge is 2.38. The molecule has 1 aromatic carbocycles. The summed E-state index contributed by atoms with van der Waals surface area (Å²) >= 11 is 4.61. The maximum atomic E-state index is 12.0. The molecule has 0 aromatic heterocycles. The van der Waals surface area contributed by atoms with Crippen molar-refractivity contribution in [2.24, 2.45) is 4.99 Å². The van der Waals surface area contributed by atoms with Gasteiger partial charge in [-0.3, -0.25) is 38.7 Å². The lowest BCUT2D eigenvalue weighted by molar-refractivity contribution is -0.146. The minimum absolute atomic E-state index is 0. The van der Waals surface area contributed by atoms with E-state index in [-0.39, 0.29) is 50.2 Å². The third kappa shape index (κ3) is 15.2. The van der Waals surface area contributed by atoms with Gasteiger partial charge >= 0.3 is 29.8 Å². The van der Waals surface area contributed by atoms with Crippen LogP contribution >= 0.6 is 49.4 Å². The molecule has 1 fully saturated rings. The smallest absolute Gasteiger partial charge is 0.317 e. The maximum Gasteiger partial charge on any atom is 0.317 e. The van der Waals surface area contributed by atoms with Crippen molar-refractivity contribution >= 4 is 90.1 Å². The van der Waals surface area contributed by atoms with E-state index in [2.05, 4.69) is 22.4 Å². The van der Waals surface area contributed by atoms with E-state index in [4.69, 9.17) is 0 Å². The number of benzene rings is 1. The van der Waals surface area contributed by atoms with Gasteiger partial charge in [0.15, 0.2) is 0 Å². The molecule has 0 amide bonds. The predicted octanol–water partition coefficient (Wildman–Crippen LogP) is 2.24. The number of halogens is 3. The molecule has 248 valence electrons. The summed E-state index contributed by atoms with van der Waals surface area (Å²) in [5.41, 5.74) is 1.23. The molecule has 44 heavy (non-hydrogen) atoms. The van der Waals surface area contributed by atoms with Gasteiger partial charge in [0.1, 0.15) is 0 Å². The van der Waals surface area contributed by atoms with Crippen LogP contribution in [0.15, 0.2) is 29.3 Å². The van der Waals surface area contributed by atoms with Crippen LogP contribution in [0, 0.1) is 0 Å². The topological polar surface area (TPSA) is 209 Å². The van der Waals surface area contributed by atoms with Crippen LogP contribution in [0.4, 0.5) is 5.69 Å². The molecule has 3 atom stereocenters. The summed E-state index contributed by atoms with van der Waals surface area (Å²) < 4.78 is 0. The summed E-state index contributed by atoms with van der Waals surface area (Å²) in [7, 11) is 0. The highest BCUT2D eigenvalue weighted by Crippen LogP contribution is 2.28. The zero-order chi connectivity index (χ0) is 30.5. The van der Waals surface area contributed by atoms with Crippen molar-refractivity contribution in [3.05, 3.63) is 29.8 Å². The number of carboxylic acid groups (broad SMARTS) is 5. The Morgan fingerprint density at radius 1 is 0.727 bits per heavy atom. The first-order valence-corrected chi connectivity index (χ1v) is 13.3. The molecular weight excluding hydrogens is 667 g/mol. The first kappa shape index (κ1) is 43.2. The number of aliphatic carboxylic acids is 5. The molecule has 0 saturated heterocycles. The Morgan fingerprint density at radius 3 is 1.55 bits per heavy atom. The van der Waals surface area contributed by atoms with Crippen molar-refractivity contribution in [2.75, 3.05) is 39.3 Å². The number of thiocarbonyl (C=S) groups is 1. The SMILES string of the molecule is Cl.Cl.Cl.O=C(O)CN(CC(=O)O)[C@H](Cc1ccc(N=C=S)cc1)CN(CC(=O)O)[C@H]1CCCC[C@@H]1N(CC(=O)O)CC(=O)O. The van der Waals surface area contributed by atoms with E-state index in [0.717, 1.165) is 0 Å². The zero-order valence-corrected chi connectivity index (χ0v) is 26.8. The number of aliphatic imine (C=N–C) groups is 1. The second-order valence-electron chi connectivity index (χ2n) is 9.85. The minimum Gasteiger partial charge on any atom is -0.480 e. The average molecular weight is 704 g/mol. The Bertz CT molecular complexity index is 1130. The van der Waals surface area contributed by atoms with Crippen molar-refractivity contribution in [3.8, 4) is 0 Å². The van der Waals surface area contributed by atoms with E-state index in [1.165, 1.54) is 9.80 Å². The van der Waals surface area contributed by atoms with Crippen molar-refractivity contribution in [1.82, 2.24) is 14.7 Å². The fraction of sp³-hybridized carbons (Fsp3) is 0.538. The first-order chi connectivity index (χ1) is 19.4. The van der Waals surface area contributed by atoms with Gasteiger partial charge in [0.05, 0.1) is 43.6 Å². The van der Waals surface area contributed by atoms with Crippen molar-refractivity contribution in [3.63, 3.8) is 0 Å². The van der Waals surface area contributed by atoms with Gasteiger partial charge in [-0.2, -0.15) is 4.99 Å². The van der Waals surface area contributed by atoms with Crippen LogP contribution in [0.2, 0.25) is 0 Å². The Morgan fingerprint density at radius 2 is 1.14 bits per heavy atom. The Kier molecular flexibility index (Phi) is 21.4. The van der Waals surface area contributed by atoms with Gasteiger partial charge in [-0.1, -0.05) is 25.0 Å². The first-order valence-electron chi connectivity index (χ1n) is 12.9. The molecule has 1 aromatic rings. The van der Waals surface area contributed by atoms with Crippen LogP contribution in [0.5, 0.6) is 0 Å². The Balaban J connectivity index is 0. The summed E-state index contributed by atoms with van der Waals surface area (Å²) in [5, 5.41) is 49.9. The molecule has 1 aliphatic rings. The van der Waals surface area contributed by atoms with Crippen LogP contribution in [0.1, 0.15) is 31.2 Å². The molecular formula is C26H37Cl3N4O10S. The standard InChI is InChI=1S/C26H34N4O10S.3ClH/c31-22(32)11-28(12-23(33)34)19(9-17-5-7-18(8-6-17)27-16-41)10-29(13-24(35)36)20-3-1-2-4-21(20)30(14-25(37)38)15-26(39)40;;;/h5-8,19-21H,1-4,9-15H2,(H,31,32)(H,33,34)(H,35,36)(H,37,38)(H,39,40);3*1H/t19-,20+,21+;;;/m1.../s1. The highest BCUT2D eigenvalue weighted by molar-refractivity contribution is 7.78. The lowest BCUT2D eigenvalue weighted by Crippen LogP contribution is -2.59. The van der Waals surface area contributed by atoms with Crippen molar-refractivity contribution < 1.29 is 49.5 Å². The average Bonchev–Trinajstić information content (AvgIpc) is 2.87. The summed E-state index contributed by atoms with van der Waals surface area (Å²) in [6.07, 6.45) is 2.40. The zero-order valence-electron chi connectivity index (χ0n) is 23.5. The summed E-state index contributed by atoms with van der Waals surface area (Å²) in [5.74, 6) is -6.18. The van der Waals surface area contributed by atoms with Crippen LogP contribution in [-0.2, 0) is 30.4 Å². The number of isothiocyanates is 1. The van der Waals surface area contributed by atoms with Gasteiger partial charge in [0.25, 0.3) is 0 Å². The molecule has 0 radical (unpaired) electrons. The largest absolute Gasteiger partial charge is 0.480 e. The van der Waals surface area contributed by atoms with Crippen LogP contribution in [0.3, 0.4) is 0 Å². The molecule has 14 nitrogen and oxygen atoms in total. The quantitative estimate of drug-likeness (QED) is 0.110. The fourth-order valence-electron chi connectivity index (χ4n) is 5.35. The van der Waals surface area contributed by atoms with E-state index in [1.54, 1.807) is 29.2 Å². The van der Waals surface area contributed by atoms with Crippen molar-refractivity contribution in [1.29, 1.82) is 0 Å². The van der Waals surface area contributed by atoms with Crippen LogP contribution in [0.25, 0.3) is 0 Å². The number of carboxylic acids is 5. The molecule has 0 spiro atoms. The number of nitrogens with zero attached hydrogens (tertiary/aromatic N) is 4. The third-order valence-corrected chi connectivity index (χ3v) is 6.96. The minimum atomic E-state index is -1.27. The lowest BCUT2D eigenvalue weighted by Gasteiger charge is -2.45. The molecule has 1 aliphatic carbocycles. The number of hydrogen-bond donors (Lipinski definition) is 5. The molecule has 1 saturated carbocycles. The van der Waals surface area contributed by atoms with Crippen molar-refractivity contribution in [2.45, 2.75) is 50.2 Å². The van der Waals surface area contributed by atoms with Gasteiger partial charge in [-0.15, -0.1) is 37.2 Å². The molecule has 0 aliphatic heterocycles. The Hall–Kier alpha value is -2.88. The maximum absolute atomic E-state index is 12.0. The predicted molar refractivity (Wildman–Crippen MR) is 169 cm³/mol. The van der Waals surface area contributed by atoms with E-state index in [9.17, 15) is 49.5 Å². The second kappa shape index (κ2) is 21.8. The molecule has 0 bridgehead atoms. The van der Waals surface area contributed by atoms with Gasteiger partial charge < -0.3 is 25.5 Å². The normalized spacial score (nSPS) is 16.4.